The molecule has 2 aliphatic rings. The van der Waals surface area contributed by atoms with Gasteiger partial charge in [0.1, 0.15) is 24.9 Å². The summed E-state index contributed by atoms with van der Waals surface area (Å²) in [6, 6.07) is 2.30. The first-order valence-electron chi connectivity index (χ1n) is 8.50. The van der Waals surface area contributed by atoms with Crippen LogP contribution < -0.4 is 0 Å². The molecular weight excluding hydrogens is 435 g/mol. The molecule has 0 bridgehead atoms. The molecular formula is C16H16ClFN2O10. The largest absolute Gasteiger partial charge is 0.459 e. The maximum atomic E-state index is 14.6. The average molecular weight is 451 g/mol. The number of esters is 1. The van der Waals surface area contributed by atoms with Crippen LogP contribution in [0, 0.1) is 20.2 Å². The number of nitro benzene ring substituents is 2. The van der Waals surface area contributed by atoms with Gasteiger partial charge in [-0.1, -0.05) is 11.6 Å². The van der Waals surface area contributed by atoms with Crippen molar-refractivity contribution in [2.45, 2.75) is 49.4 Å². The highest BCUT2D eigenvalue weighted by Gasteiger charge is 2.63. The van der Waals surface area contributed by atoms with Crippen LogP contribution in [0.15, 0.2) is 18.2 Å². The fourth-order valence-electron chi connectivity index (χ4n) is 3.13. The highest BCUT2D eigenvalue weighted by molar-refractivity contribution is 6.23. The first-order valence-corrected chi connectivity index (χ1v) is 8.87. The van der Waals surface area contributed by atoms with E-state index in [9.17, 15) is 34.5 Å². The number of fused-ring (bicyclic) bond motifs is 1. The van der Waals surface area contributed by atoms with Gasteiger partial charge in [-0.05, 0) is 13.8 Å². The summed E-state index contributed by atoms with van der Waals surface area (Å²) in [5.74, 6) is -2.41. The van der Waals surface area contributed by atoms with Gasteiger partial charge in [-0.3, -0.25) is 20.2 Å². The van der Waals surface area contributed by atoms with Gasteiger partial charge in [0.25, 0.3) is 16.5 Å². The molecule has 3 rings (SSSR count). The lowest BCUT2D eigenvalue weighted by Crippen LogP contribution is -2.60. The Labute approximate surface area is 172 Å². The van der Waals surface area contributed by atoms with Crippen molar-refractivity contribution in [3.05, 3.63) is 44.0 Å². The van der Waals surface area contributed by atoms with Crippen molar-refractivity contribution in [1.82, 2.24) is 0 Å². The Hall–Kier alpha value is -2.45. The number of ether oxygens (including phenoxy) is 4. The minimum atomic E-state index is -2.82. The number of non-ortho nitro benzene ring substituents is 2. The standard InChI is InChI=1S/C16H16ClFN2O10/c1-15(2)29-11-10(28-14(22)16(17,18)12(11)30-15)6-27-13(21)7-3-8(19(23)24)5-9(4-7)20(25)26/h3-5,10-12,14,22H,6H2,1-2H3/t10-,11+,12+,14?,16+/m1/s1. The predicted molar refractivity (Wildman–Crippen MR) is 94.4 cm³/mol. The van der Waals surface area contributed by atoms with Gasteiger partial charge in [0.05, 0.1) is 21.5 Å². The molecule has 14 heteroatoms. The molecule has 12 nitrogen and oxygen atoms in total. The second-order valence-corrected chi connectivity index (χ2v) is 7.65. The number of rotatable bonds is 5. The molecule has 164 valence electrons. The molecule has 1 aromatic rings. The zero-order chi connectivity index (χ0) is 22.4. The van der Waals surface area contributed by atoms with Crippen molar-refractivity contribution in [2.24, 2.45) is 0 Å². The number of nitro groups is 2. The van der Waals surface area contributed by atoms with Crippen LogP contribution in [0.5, 0.6) is 0 Å². The van der Waals surface area contributed by atoms with Gasteiger partial charge in [0.15, 0.2) is 5.79 Å². The van der Waals surface area contributed by atoms with Gasteiger partial charge in [-0.25, -0.2) is 9.18 Å². The van der Waals surface area contributed by atoms with Crippen LogP contribution in [-0.4, -0.2) is 63.0 Å². The van der Waals surface area contributed by atoms with E-state index in [1.165, 1.54) is 13.8 Å². The predicted octanol–water partition coefficient (Wildman–Crippen LogP) is 1.80. The third-order valence-electron chi connectivity index (χ3n) is 4.45. The van der Waals surface area contributed by atoms with Crippen LogP contribution in [0.25, 0.3) is 0 Å². The van der Waals surface area contributed by atoms with E-state index in [1.54, 1.807) is 0 Å². The van der Waals surface area contributed by atoms with Gasteiger partial charge < -0.3 is 24.1 Å². The third kappa shape index (κ3) is 4.20. The first kappa shape index (κ1) is 22.2. The number of alkyl halides is 2. The van der Waals surface area contributed by atoms with Crippen molar-refractivity contribution >= 4 is 28.9 Å². The minimum Gasteiger partial charge on any atom is -0.459 e. The quantitative estimate of drug-likeness (QED) is 0.303. The Morgan fingerprint density at radius 1 is 1.23 bits per heavy atom. The smallest absolute Gasteiger partial charge is 0.338 e. The molecule has 0 amide bonds. The summed E-state index contributed by atoms with van der Waals surface area (Å²) < 4.78 is 35.6. The maximum Gasteiger partial charge on any atom is 0.338 e. The van der Waals surface area contributed by atoms with E-state index in [0.717, 1.165) is 12.1 Å². The Bertz CT molecular complexity index is 863. The molecule has 1 N–H and O–H groups in total. The molecule has 2 heterocycles. The van der Waals surface area contributed by atoms with Crippen molar-refractivity contribution in [3.63, 3.8) is 0 Å². The van der Waals surface area contributed by atoms with Crippen LogP contribution in [0.2, 0.25) is 0 Å². The summed E-state index contributed by atoms with van der Waals surface area (Å²) >= 11 is 5.69. The Kier molecular flexibility index (Phi) is 5.68. The van der Waals surface area contributed by atoms with E-state index in [1.807, 2.05) is 0 Å². The number of aliphatic hydroxyl groups excluding tert-OH is 1. The fourth-order valence-corrected chi connectivity index (χ4v) is 3.35. The molecule has 5 atom stereocenters. The highest BCUT2D eigenvalue weighted by Crippen LogP contribution is 2.45. The van der Waals surface area contributed by atoms with Gasteiger partial charge >= 0.3 is 5.97 Å². The second-order valence-electron chi connectivity index (χ2n) is 7.07. The summed E-state index contributed by atoms with van der Waals surface area (Å²) in [6.45, 7) is 2.38. The van der Waals surface area contributed by atoms with Crippen LogP contribution in [-0.2, 0) is 18.9 Å². The van der Waals surface area contributed by atoms with Gasteiger partial charge in [0.2, 0.25) is 6.29 Å². The highest BCUT2D eigenvalue weighted by atomic mass is 35.5. The summed E-state index contributed by atoms with van der Waals surface area (Å²) in [7, 11) is 0. The van der Waals surface area contributed by atoms with Crippen molar-refractivity contribution < 1.29 is 43.1 Å². The summed E-state index contributed by atoms with van der Waals surface area (Å²) in [4.78, 5) is 32.4. The molecule has 2 saturated heterocycles. The monoisotopic (exact) mass is 450 g/mol. The maximum absolute atomic E-state index is 14.6. The van der Waals surface area contributed by atoms with Crippen molar-refractivity contribution in [3.8, 4) is 0 Å². The van der Waals surface area contributed by atoms with Crippen LogP contribution in [0.4, 0.5) is 15.8 Å². The summed E-state index contributed by atoms with van der Waals surface area (Å²) in [5.41, 5.74) is -1.82. The van der Waals surface area contributed by atoms with E-state index < -0.39 is 74.9 Å². The molecule has 0 spiro atoms. The third-order valence-corrected chi connectivity index (χ3v) is 4.85. The lowest BCUT2D eigenvalue weighted by atomic mass is 10.00. The number of carbonyl (C=O) groups is 1. The van der Waals surface area contributed by atoms with Crippen LogP contribution in [0.3, 0.4) is 0 Å². The number of halogens is 2. The van der Waals surface area contributed by atoms with Crippen LogP contribution >= 0.6 is 11.6 Å². The molecule has 30 heavy (non-hydrogen) atoms. The molecule has 0 aliphatic carbocycles. The summed E-state index contributed by atoms with van der Waals surface area (Å²) in [5, 5.41) is 28.9. The first-order chi connectivity index (χ1) is 13.8. The van der Waals surface area contributed by atoms with E-state index >= 15 is 0 Å². The molecule has 0 radical (unpaired) electrons. The lowest BCUT2D eigenvalue weighted by Gasteiger charge is -2.40. The van der Waals surface area contributed by atoms with E-state index in [2.05, 4.69) is 0 Å². The molecule has 1 unspecified atom stereocenters. The fraction of sp³-hybridized carbons (Fsp3) is 0.562. The number of hydrogen-bond acceptors (Lipinski definition) is 10. The molecule has 2 aliphatic heterocycles. The zero-order valence-corrected chi connectivity index (χ0v) is 16.3. The Balaban J connectivity index is 1.77. The summed E-state index contributed by atoms with van der Waals surface area (Å²) in [6.07, 6.45) is -5.92. The Morgan fingerprint density at radius 3 is 2.33 bits per heavy atom. The number of benzene rings is 1. The van der Waals surface area contributed by atoms with Gasteiger partial charge in [0, 0.05) is 12.1 Å². The van der Waals surface area contributed by atoms with E-state index in [4.69, 9.17) is 30.5 Å². The second kappa shape index (κ2) is 7.67. The number of nitrogens with zero attached hydrogens (tertiary/aromatic N) is 2. The molecule has 2 fully saturated rings. The lowest BCUT2D eigenvalue weighted by molar-refractivity contribution is -0.394. The average Bonchev–Trinajstić information content (AvgIpc) is 2.99. The van der Waals surface area contributed by atoms with E-state index in [0.29, 0.717) is 6.07 Å². The topological polar surface area (TPSA) is 160 Å². The van der Waals surface area contributed by atoms with Gasteiger partial charge in [-0.15, -0.1) is 0 Å². The zero-order valence-electron chi connectivity index (χ0n) is 15.5. The van der Waals surface area contributed by atoms with E-state index in [-0.39, 0.29) is 0 Å². The molecule has 1 aromatic carbocycles. The van der Waals surface area contributed by atoms with Gasteiger partial charge in [-0.2, -0.15) is 0 Å². The number of carbonyl (C=O) groups excluding carboxylic acids is 1. The molecule has 0 aromatic heterocycles. The number of hydrogen-bond donors (Lipinski definition) is 1. The SMILES string of the molecule is CC1(C)O[C@H]2[C@@H](COC(=O)c3cc([N+](=O)[O-])cc([N+](=O)[O-])c3)OC(O)[C@](F)(Cl)[C@H]2O1. The van der Waals surface area contributed by atoms with Crippen LogP contribution in [0.1, 0.15) is 24.2 Å². The Morgan fingerprint density at radius 2 is 1.80 bits per heavy atom. The number of aliphatic hydroxyl groups is 1. The normalized spacial score (nSPS) is 32.3. The molecule has 0 saturated carbocycles. The minimum absolute atomic E-state index is 0.454. The van der Waals surface area contributed by atoms with Crippen molar-refractivity contribution in [2.75, 3.05) is 6.61 Å². The van der Waals surface area contributed by atoms with Crippen molar-refractivity contribution in [1.29, 1.82) is 0 Å².